The number of carbonyl (C=O) groups is 1. The Hall–Kier alpha value is -3.61. The highest BCUT2D eigenvalue weighted by atomic mass is 16.7. The molecular formula is C34H44N2O4. The van der Waals surface area contributed by atoms with Gasteiger partial charge in [-0.3, -0.25) is 0 Å². The van der Waals surface area contributed by atoms with Crippen molar-refractivity contribution in [2.45, 2.75) is 38.5 Å². The summed E-state index contributed by atoms with van der Waals surface area (Å²) in [6, 6.07) is 26.4. The van der Waals surface area contributed by atoms with Crippen molar-refractivity contribution in [1.29, 1.82) is 0 Å². The number of nitrogens with zero attached hydrogens (tertiary/aromatic N) is 1. The maximum Gasteiger partial charge on any atom is 0.513 e. The largest absolute Gasteiger partial charge is 0.513 e. The highest BCUT2D eigenvalue weighted by molar-refractivity contribution is 5.75. The van der Waals surface area contributed by atoms with E-state index in [9.17, 15) is 4.79 Å². The Kier molecular flexibility index (Phi) is 13.3. The minimum Gasteiger partial charge on any atom is -0.492 e. The molecule has 3 rings (SSSR count). The van der Waals surface area contributed by atoms with E-state index in [1.54, 1.807) is 0 Å². The molecule has 0 fully saturated rings. The fourth-order valence-corrected chi connectivity index (χ4v) is 4.60. The monoisotopic (exact) mass is 544 g/mol. The molecule has 3 aromatic rings. The van der Waals surface area contributed by atoms with Gasteiger partial charge in [-0.1, -0.05) is 73.5 Å². The summed E-state index contributed by atoms with van der Waals surface area (Å²) in [5, 5.41) is 3.10. The molecule has 0 aliphatic rings. The zero-order valence-corrected chi connectivity index (χ0v) is 24.4. The van der Waals surface area contributed by atoms with Crippen molar-refractivity contribution in [1.82, 2.24) is 10.2 Å². The third kappa shape index (κ3) is 10.2. The first-order valence-corrected chi connectivity index (χ1v) is 14.2. The molecule has 6 nitrogen and oxygen atoms in total. The molecule has 1 unspecified atom stereocenters. The van der Waals surface area contributed by atoms with Crippen LogP contribution in [0.25, 0.3) is 5.57 Å². The van der Waals surface area contributed by atoms with Crippen molar-refractivity contribution < 1.29 is 19.0 Å². The Labute approximate surface area is 240 Å². The molecule has 6 heteroatoms. The van der Waals surface area contributed by atoms with E-state index in [2.05, 4.69) is 73.7 Å². The molecule has 40 heavy (non-hydrogen) atoms. The number of rotatable bonds is 16. The van der Waals surface area contributed by atoms with Crippen molar-refractivity contribution in [3.05, 3.63) is 102 Å². The van der Waals surface area contributed by atoms with Gasteiger partial charge in [0.15, 0.2) is 0 Å². The summed E-state index contributed by atoms with van der Waals surface area (Å²) in [5.74, 6) is 1.30. The normalized spacial score (nSPS) is 12.3. The summed E-state index contributed by atoms with van der Waals surface area (Å²) in [4.78, 5) is 14.4. The van der Waals surface area contributed by atoms with E-state index in [1.807, 2.05) is 49.5 Å². The number of allylic oxidation sites excluding steroid dienone is 2. The molecule has 0 bridgehead atoms. The second-order valence-electron chi connectivity index (χ2n) is 10.1. The van der Waals surface area contributed by atoms with Crippen LogP contribution in [0.2, 0.25) is 0 Å². The van der Waals surface area contributed by atoms with Crippen LogP contribution in [0.1, 0.15) is 55.2 Å². The van der Waals surface area contributed by atoms with Crippen LogP contribution in [0.5, 0.6) is 11.5 Å². The predicted octanol–water partition coefficient (Wildman–Crippen LogP) is 7.16. The molecule has 0 heterocycles. The number of nitrogens with one attached hydrogen (secondary N) is 1. The minimum absolute atomic E-state index is 0.00717. The first kappa shape index (κ1) is 30.9. The van der Waals surface area contributed by atoms with Crippen molar-refractivity contribution in [3.63, 3.8) is 0 Å². The highest BCUT2D eigenvalue weighted by Gasteiger charge is 2.21. The summed E-state index contributed by atoms with van der Waals surface area (Å²) in [5.41, 5.74) is 4.61. The summed E-state index contributed by atoms with van der Waals surface area (Å²) in [7, 11) is 6.07. The second kappa shape index (κ2) is 17.2. The lowest BCUT2D eigenvalue weighted by atomic mass is 9.81. The third-order valence-corrected chi connectivity index (χ3v) is 6.70. The van der Waals surface area contributed by atoms with E-state index in [4.69, 9.17) is 14.2 Å². The number of ether oxygens (including phenoxy) is 3. The Morgan fingerprint density at radius 2 is 1.45 bits per heavy atom. The zero-order chi connectivity index (χ0) is 28.6. The average molecular weight is 545 g/mol. The van der Waals surface area contributed by atoms with Gasteiger partial charge in [0.05, 0.1) is 6.61 Å². The Morgan fingerprint density at radius 1 is 0.825 bits per heavy atom. The van der Waals surface area contributed by atoms with Crippen molar-refractivity contribution in [2.24, 2.45) is 0 Å². The van der Waals surface area contributed by atoms with Crippen molar-refractivity contribution >= 4 is 11.7 Å². The molecule has 0 saturated heterocycles. The third-order valence-electron chi connectivity index (χ3n) is 6.70. The first-order chi connectivity index (χ1) is 19.5. The number of carbonyl (C=O) groups excluding carboxylic acids is 1. The second-order valence-corrected chi connectivity index (χ2v) is 10.1. The molecule has 3 aromatic carbocycles. The Morgan fingerprint density at radius 3 is 2.05 bits per heavy atom. The van der Waals surface area contributed by atoms with Gasteiger partial charge in [0.25, 0.3) is 0 Å². The lowest BCUT2D eigenvalue weighted by Crippen LogP contribution is -2.15. The van der Waals surface area contributed by atoms with Gasteiger partial charge in [-0.25, -0.2) is 4.79 Å². The summed E-state index contributed by atoms with van der Waals surface area (Å²) >= 11 is 0. The number of unbranched alkanes of at least 4 members (excludes halogenated alkanes) is 3. The molecular weight excluding hydrogens is 500 g/mol. The zero-order valence-electron chi connectivity index (χ0n) is 24.4. The van der Waals surface area contributed by atoms with Crippen LogP contribution >= 0.6 is 0 Å². The van der Waals surface area contributed by atoms with Crippen LogP contribution in [0, 0.1) is 0 Å². The number of likely N-dealkylation sites (N-methyl/N-ethyl adjacent to an activating group) is 1. The first-order valence-electron chi connectivity index (χ1n) is 14.2. The summed E-state index contributed by atoms with van der Waals surface area (Å²) in [6.45, 7) is 4.93. The molecule has 0 aromatic heterocycles. The molecule has 1 atom stereocenters. The topological polar surface area (TPSA) is 60.0 Å². The predicted molar refractivity (Wildman–Crippen MR) is 163 cm³/mol. The summed E-state index contributed by atoms with van der Waals surface area (Å²) < 4.78 is 16.6. The number of hydrogen-bond acceptors (Lipinski definition) is 6. The van der Waals surface area contributed by atoms with Crippen LogP contribution in [0.3, 0.4) is 0 Å². The van der Waals surface area contributed by atoms with Gasteiger partial charge in [0.2, 0.25) is 0 Å². The smallest absolute Gasteiger partial charge is 0.492 e. The molecule has 0 aliphatic carbocycles. The van der Waals surface area contributed by atoms with E-state index < -0.39 is 6.16 Å². The SMILES string of the molecule is CC=C(c1ccccc1)C(c1ccc(OCCNC)cc1)c1ccc(OC(=O)OCCCCCCN(C)C)cc1. The molecule has 0 saturated carbocycles. The van der Waals surface area contributed by atoms with E-state index in [-0.39, 0.29) is 5.92 Å². The number of hydrogen-bond donors (Lipinski definition) is 1. The van der Waals surface area contributed by atoms with E-state index in [1.165, 1.54) is 5.57 Å². The van der Waals surface area contributed by atoms with Crippen molar-refractivity contribution in [2.75, 3.05) is 47.4 Å². The van der Waals surface area contributed by atoms with Gasteiger partial charge in [0.1, 0.15) is 18.1 Å². The standard InChI is InChI=1S/C34H44N2O4/c1-5-32(27-13-9-8-10-14-27)33(28-15-19-30(20-16-28)38-26-23-35-2)29-17-21-31(22-18-29)40-34(37)39-25-12-7-6-11-24-36(3)4/h5,8-10,13-22,33,35H,6-7,11-12,23-26H2,1-4H3. The van der Waals surface area contributed by atoms with E-state index in [0.717, 1.165) is 61.2 Å². The van der Waals surface area contributed by atoms with Gasteiger partial charge in [-0.05, 0) is 94.0 Å². The average Bonchev–Trinajstić information content (AvgIpc) is 2.97. The maximum absolute atomic E-state index is 12.2. The molecule has 1 N–H and O–H groups in total. The fourth-order valence-electron chi connectivity index (χ4n) is 4.60. The van der Waals surface area contributed by atoms with E-state index >= 15 is 0 Å². The lowest BCUT2D eigenvalue weighted by molar-refractivity contribution is 0.0972. The number of benzene rings is 3. The van der Waals surface area contributed by atoms with Gasteiger partial charge >= 0.3 is 6.16 Å². The van der Waals surface area contributed by atoms with Gasteiger partial charge in [0, 0.05) is 12.5 Å². The van der Waals surface area contributed by atoms with Crippen molar-refractivity contribution in [3.8, 4) is 11.5 Å². The Balaban J connectivity index is 1.68. The maximum atomic E-state index is 12.2. The van der Waals surface area contributed by atoms with Crippen LogP contribution in [-0.2, 0) is 4.74 Å². The van der Waals surface area contributed by atoms with E-state index in [0.29, 0.717) is 19.0 Å². The summed E-state index contributed by atoms with van der Waals surface area (Å²) in [6.07, 6.45) is 5.66. The Bertz CT molecular complexity index is 1160. The quantitative estimate of drug-likeness (QED) is 0.117. The molecule has 0 aliphatic heterocycles. The van der Waals surface area contributed by atoms with Crippen LogP contribution in [0.15, 0.2) is 84.9 Å². The van der Waals surface area contributed by atoms with Gasteiger partial charge in [-0.15, -0.1) is 0 Å². The molecule has 0 spiro atoms. The highest BCUT2D eigenvalue weighted by Crippen LogP contribution is 2.39. The molecule has 0 radical (unpaired) electrons. The fraction of sp³-hybridized carbons (Fsp3) is 0.382. The van der Waals surface area contributed by atoms with Crippen LogP contribution < -0.4 is 14.8 Å². The van der Waals surface area contributed by atoms with Crippen LogP contribution in [0.4, 0.5) is 4.79 Å². The molecule has 214 valence electrons. The lowest BCUT2D eigenvalue weighted by Gasteiger charge is -2.23. The van der Waals surface area contributed by atoms with Crippen LogP contribution in [-0.4, -0.2) is 58.5 Å². The van der Waals surface area contributed by atoms with Gasteiger partial charge < -0.3 is 24.4 Å². The minimum atomic E-state index is -0.662. The van der Waals surface area contributed by atoms with Gasteiger partial charge in [-0.2, -0.15) is 0 Å². The molecule has 0 amide bonds.